The van der Waals surface area contributed by atoms with E-state index in [-0.39, 0.29) is 209 Å². The molecule has 0 aliphatic carbocycles. The van der Waals surface area contributed by atoms with Gasteiger partial charge < -0.3 is 95.1 Å². The number of hydrogen-bond donors (Lipinski definition) is 1. The highest BCUT2D eigenvalue weighted by Crippen LogP contribution is 2.30. The Balaban J connectivity index is -0.000000901. The SMILES string of the molecule is COC(=O)CN(CCN(CC(=O)O)C(CN(CC(=O)OC)CC(=O)OC)C(C)(C)C)CC(=O)OC.COC(=O)CN(CCN(CC(=O)OC)CC(=O)OC)CCN(CC(=O)OC)C(C(=O)OC)C(C)(C)C.COC(=O)CN(CCN(CC(=O)OC)CC(N(CC(=O)OC)CC(=O)OC)C(C)(C)C)CC(=O)OC.COC(=O)CN(CCN(CCN(CC(=O)OC)CC(=O)OC)C(C(=O)OC)C(C)(C)C)CC(=O)OC. The molecule has 0 radical (unpaired) electrons. The van der Waals surface area contributed by atoms with Gasteiger partial charge in [0.25, 0.3) is 0 Å². The molecule has 0 bridgehead atoms. The zero-order valence-corrected chi connectivity index (χ0v) is 89.7. The number of ether oxygens (including phenoxy) is 19. The van der Waals surface area contributed by atoms with Crippen molar-refractivity contribution in [2.75, 3.05) is 345 Å². The lowest BCUT2D eigenvalue weighted by molar-refractivity contribution is -0.155. The predicted octanol–water partition coefficient (Wildman–Crippen LogP) is -3.40. The van der Waals surface area contributed by atoms with Crippen molar-refractivity contribution in [1.82, 2.24) is 58.8 Å². The molecule has 0 fully saturated rings. The normalized spacial score (nSPS) is 12.3. The third-order valence-electron chi connectivity index (χ3n) is 21.4. The van der Waals surface area contributed by atoms with E-state index in [0.29, 0.717) is 0 Å². The van der Waals surface area contributed by atoms with Gasteiger partial charge in [0.05, 0.1) is 253 Å². The predicted molar refractivity (Wildman–Crippen MR) is 507 cm³/mol. The van der Waals surface area contributed by atoms with Crippen LogP contribution in [-0.4, -0.2) is 552 Å². The molecule has 0 aromatic carbocycles. The Morgan fingerprint density at radius 2 is 0.336 bits per heavy atom. The van der Waals surface area contributed by atoms with Crippen LogP contribution in [0, 0.1) is 21.7 Å². The standard InChI is InChI=1S/3C23H41N3O10.C22H39N3O10/c1-23(2,3)21(22(31)36-8)26(11-9-24(13-17(27)32-4)14-18(28)33-5)12-10-25(15-19(29)34-6)16-20(30)35-7;1-23(2,3)17(26(15-21(30)35-7)16-22(31)36-8)11-24(12-18(27)32-4)9-10-25(13-19(28)33-5)14-20(29)34-6;1-23(2,3)21(22(31)36-8)26(16-20(30)35-7)12-11-24(13-17(27)32-4)9-10-25(14-18(28)33-5)15-19(29)34-6;1-22(2,3)16(10-24(14-20(30)34-6)15-21(31)35-7)25(11-17(26)27)9-8-23(12-18(28)32-4)13-19(29)33-5/h21H,9-16H2,1-8H3;17H,9-16H2,1-8H3;21H,9-16H2,1-8H3;16H,8-15H2,1-7H3,(H,26,27). The minimum atomic E-state index is -1.08. The summed E-state index contributed by atoms with van der Waals surface area (Å²) in [5.74, 6) is -11.2. The summed E-state index contributed by atoms with van der Waals surface area (Å²) in [7, 11) is 23.7. The lowest BCUT2D eigenvalue weighted by atomic mass is 9.85. The average Bonchev–Trinajstić information content (AvgIpc) is 0.840. The number of nitrogens with zero attached hydrogens (tertiary/aromatic N) is 12. The van der Waals surface area contributed by atoms with E-state index in [1.54, 1.807) is 34.3 Å². The number of carboxylic acids is 1. The van der Waals surface area contributed by atoms with E-state index in [9.17, 15) is 101 Å². The quantitative estimate of drug-likeness (QED) is 0.0458. The molecular weight excluding hydrogens is 1900 g/mol. The summed E-state index contributed by atoms with van der Waals surface area (Å²) in [5, 5.41) is 9.57. The maximum atomic E-state index is 12.8. The van der Waals surface area contributed by atoms with Crippen LogP contribution in [-0.2, 0) is 186 Å². The van der Waals surface area contributed by atoms with E-state index < -0.39 is 165 Å². The molecule has 1 N–H and O–H groups in total. The van der Waals surface area contributed by atoms with Gasteiger partial charge in [-0.15, -0.1) is 0 Å². The first-order valence-electron chi connectivity index (χ1n) is 45.0. The number of hydrogen-bond acceptors (Lipinski definition) is 51. The zero-order chi connectivity index (χ0) is 111. The van der Waals surface area contributed by atoms with E-state index in [1.165, 1.54) is 155 Å². The van der Waals surface area contributed by atoms with Gasteiger partial charge in [0.15, 0.2) is 0 Å². The summed E-state index contributed by atoms with van der Waals surface area (Å²) < 4.78 is 90.6. The molecule has 0 aliphatic heterocycles. The van der Waals surface area contributed by atoms with E-state index in [0.717, 1.165) is 0 Å². The fourth-order valence-corrected chi connectivity index (χ4v) is 13.7. The molecular formula is C91H162N12O40. The molecule has 52 heteroatoms. The van der Waals surface area contributed by atoms with Gasteiger partial charge in [0.2, 0.25) is 0 Å². The van der Waals surface area contributed by atoms with Crippen LogP contribution in [0.3, 0.4) is 0 Å². The van der Waals surface area contributed by atoms with Crippen LogP contribution in [0.25, 0.3) is 0 Å². The summed E-state index contributed by atoms with van der Waals surface area (Å²) >= 11 is 0. The minimum absolute atomic E-state index is 0.0920. The Bertz CT molecular complexity index is 3720. The van der Waals surface area contributed by atoms with Gasteiger partial charge >= 0.3 is 119 Å². The van der Waals surface area contributed by atoms with Gasteiger partial charge in [-0.1, -0.05) is 83.1 Å². The minimum Gasteiger partial charge on any atom is -0.480 e. The van der Waals surface area contributed by atoms with Crippen LogP contribution in [0.2, 0.25) is 0 Å². The summed E-state index contributed by atoms with van der Waals surface area (Å²) in [6, 6.07) is -2.34. The smallest absolute Gasteiger partial charge is 0.323 e. The van der Waals surface area contributed by atoms with Crippen molar-refractivity contribution in [3.8, 4) is 0 Å². The Morgan fingerprint density at radius 3 is 0.559 bits per heavy atom. The van der Waals surface area contributed by atoms with Crippen molar-refractivity contribution in [3.63, 3.8) is 0 Å². The van der Waals surface area contributed by atoms with Gasteiger partial charge in [-0.25, -0.2) is 0 Å². The van der Waals surface area contributed by atoms with Crippen molar-refractivity contribution in [2.45, 2.75) is 107 Å². The molecule has 0 spiro atoms. The summed E-state index contributed by atoms with van der Waals surface area (Å²) in [6.45, 7) is 22.7. The summed E-state index contributed by atoms with van der Waals surface area (Å²) in [6.07, 6.45) is 0. The lowest BCUT2D eigenvalue weighted by Crippen LogP contribution is -2.55. The average molecular weight is 2060 g/mol. The van der Waals surface area contributed by atoms with Crippen LogP contribution in [0.1, 0.15) is 83.1 Å². The maximum Gasteiger partial charge on any atom is 0.323 e. The lowest BCUT2D eigenvalue weighted by Gasteiger charge is -2.42. The van der Waals surface area contributed by atoms with Crippen LogP contribution >= 0.6 is 0 Å². The first-order valence-corrected chi connectivity index (χ1v) is 45.0. The third-order valence-corrected chi connectivity index (χ3v) is 21.4. The van der Waals surface area contributed by atoms with Crippen LogP contribution in [0.5, 0.6) is 0 Å². The first-order chi connectivity index (χ1) is 66.7. The molecule has 52 nitrogen and oxygen atoms in total. The second kappa shape index (κ2) is 74.8. The monoisotopic (exact) mass is 2060 g/mol. The zero-order valence-electron chi connectivity index (χ0n) is 89.7. The molecule has 0 heterocycles. The van der Waals surface area contributed by atoms with Crippen LogP contribution in [0.4, 0.5) is 0 Å². The fraction of sp³-hybridized carbons (Fsp3) is 0.780. The topological polar surface area (TPSA) is 576 Å². The highest BCUT2D eigenvalue weighted by molar-refractivity contribution is 5.82. The van der Waals surface area contributed by atoms with Crippen molar-refractivity contribution in [3.05, 3.63) is 0 Å². The molecule has 826 valence electrons. The highest BCUT2D eigenvalue weighted by atomic mass is 16.6. The Kier molecular flexibility index (Phi) is 72.2. The van der Waals surface area contributed by atoms with E-state index in [1.807, 2.05) is 88.0 Å². The largest absolute Gasteiger partial charge is 0.480 e. The van der Waals surface area contributed by atoms with Crippen LogP contribution < -0.4 is 0 Å². The van der Waals surface area contributed by atoms with Crippen molar-refractivity contribution < 1.29 is 191 Å². The summed E-state index contributed by atoms with van der Waals surface area (Å²) in [4.78, 5) is 259. The number of methoxy groups -OCH3 is 19. The Labute approximate surface area is 839 Å². The van der Waals surface area contributed by atoms with E-state index in [2.05, 4.69) is 18.9 Å². The van der Waals surface area contributed by atoms with Gasteiger partial charge in [-0.2, -0.15) is 0 Å². The molecule has 4 unspecified atom stereocenters. The number of esters is 19. The number of carboxylic acid groups (broad SMARTS) is 1. The Hall–Kier alpha value is -11.1. The number of aliphatic carboxylic acids is 1. The molecule has 143 heavy (non-hydrogen) atoms. The number of rotatable bonds is 64. The highest BCUT2D eigenvalue weighted by Gasteiger charge is 2.42. The molecule has 0 amide bonds. The molecule has 0 aromatic heterocycles. The second-order valence-electron chi connectivity index (χ2n) is 36.2. The fourth-order valence-electron chi connectivity index (χ4n) is 13.7. The summed E-state index contributed by atoms with van der Waals surface area (Å²) in [5.41, 5.74) is -2.08. The second-order valence-corrected chi connectivity index (χ2v) is 36.2. The number of carbonyl (C=O) groups excluding carboxylic acids is 19. The van der Waals surface area contributed by atoms with Crippen molar-refractivity contribution >= 4 is 119 Å². The molecule has 0 aliphatic rings. The van der Waals surface area contributed by atoms with Gasteiger partial charge in [0, 0.05) is 104 Å². The van der Waals surface area contributed by atoms with E-state index >= 15 is 0 Å². The van der Waals surface area contributed by atoms with E-state index in [4.69, 9.17) is 71.1 Å². The molecule has 0 rings (SSSR count). The van der Waals surface area contributed by atoms with Crippen LogP contribution in [0.15, 0.2) is 0 Å². The third kappa shape index (κ3) is 63.6. The maximum absolute atomic E-state index is 12.8. The van der Waals surface area contributed by atoms with Crippen molar-refractivity contribution in [1.29, 1.82) is 0 Å². The van der Waals surface area contributed by atoms with Gasteiger partial charge in [-0.3, -0.25) is 155 Å². The molecule has 0 aromatic rings. The molecule has 0 saturated heterocycles. The Morgan fingerprint density at radius 1 is 0.175 bits per heavy atom. The van der Waals surface area contributed by atoms with Gasteiger partial charge in [-0.05, 0) is 21.7 Å². The number of carbonyl (C=O) groups is 20. The van der Waals surface area contributed by atoms with Crippen molar-refractivity contribution in [2.24, 2.45) is 21.7 Å². The van der Waals surface area contributed by atoms with Gasteiger partial charge in [0.1, 0.15) is 12.1 Å². The molecule has 4 atom stereocenters. The first kappa shape index (κ1) is 138. The molecule has 0 saturated carbocycles.